The molecule has 2 heteroatoms. The van der Waals surface area contributed by atoms with Gasteiger partial charge >= 0.3 is 0 Å². The zero-order valence-electron chi connectivity index (χ0n) is 19.8. The zero-order chi connectivity index (χ0) is 21.0. The molecular formula is C27H46O2. The van der Waals surface area contributed by atoms with Crippen molar-refractivity contribution in [2.24, 2.45) is 52.3 Å². The lowest BCUT2D eigenvalue weighted by molar-refractivity contribution is -0.130. The van der Waals surface area contributed by atoms with Crippen LogP contribution in [0.25, 0.3) is 0 Å². The van der Waals surface area contributed by atoms with E-state index in [1.165, 1.54) is 44.9 Å². The fraction of sp³-hybridized carbons (Fsp3) is 0.963. The van der Waals surface area contributed by atoms with Crippen molar-refractivity contribution in [2.45, 2.75) is 111 Å². The van der Waals surface area contributed by atoms with Crippen LogP contribution in [0.15, 0.2) is 0 Å². The lowest BCUT2D eigenvalue weighted by atomic mass is 9.44. The molecule has 0 aromatic heterocycles. The molecule has 0 heterocycles. The molecule has 0 aromatic carbocycles. The second kappa shape index (κ2) is 7.95. The minimum absolute atomic E-state index is 0.0382. The predicted molar refractivity (Wildman–Crippen MR) is 119 cm³/mol. The fourth-order valence-corrected chi connectivity index (χ4v) is 9.07. The Morgan fingerprint density at radius 3 is 2.34 bits per heavy atom. The van der Waals surface area contributed by atoms with Gasteiger partial charge in [0.15, 0.2) is 0 Å². The molecule has 29 heavy (non-hydrogen) atoms. The van der Waals surface area contributed by atoms with Crippen LogP contribution >= 0.6 is 0 Å². The highest BCUT2D eigenvalue weighted by atomic mass is 16.3. The maximum absolute atomic E-state index is 12.2. The maximum Gasteiger partial charge on any atom is 0.135 e. The molecule has 0 amide bonds. The van der Waals surface area contributed by atoms with Crippen LogP contribution < -0.4 is 0 Å². The molecule has 4 saturated carbocycles. The summed E-state index contributed by atoms with van der Waals surface area (Å²) < 4.78 is 0. The first-order valence-electron chi connectivity index (χ1n) is 12.9. The first kappa shape index (κ1) is 21.8. The minimum atomic E-state index is -0.0382. The number of carbonyl (C=O) groups is 1. The predicted octanol–water partition coefficient (Wildman–Crippen LogP) is 6.65. The molecule has 0 bridgehead atoms. The number of aliphatic hydroxyl groups is 1. The van der Waals surface area contributed by atoms with Crippen LogP contribution in [0.3, 0.4) is 0 Å². The van der Waals surface area contributed by atoms with Crippen molar-refractivity contribution in [3.05, 3.63) is 0 Å². The van der Waals surface area contributed by atoms with Crippen LogP contribution in [-0.4, -0.2) is 17.0 Å². The Bertz CT molecular complexity index is 612. The van der Waals surface area contributed by atoms with Crippen molar-refractivity contribution >= 4 is 5.78 Å². The number of Topliss-reactive ketones (excluding diaryl/α,β-unsaturated/α-hetero) is 1. The SMILES string of the molecule is CC(C)C(=O)CCC(C)[C@H]1CC[C@H]2[C@@H]3CC[C@H]4C[C@@H](O)CC[C@]4(C)[C@H]3CC[C@]12C. The first-order chi connectivity index (χ1) is 13.7. The number of hydrogen-bond donors (Lipinski definition) is 1. The Hall–Kier alpha value is -0.370. The van der Waals surface area contributed by atoms with Crippen molar-refractivity contribution in [1.29, 1.82) is 0 Å². The molecule has 4 aliphatic carbocycles. The van der Waals surface area contributed by atoms with Crippen molar-refractivity contribution in [3.63, 3.8) is 0 Å². The number of hydrogen-bond acceptors (Lipinski definition) is 2. The molecule has 4 rings (SSSR count). The van der Waals surface area contributed by atoms with Crippen LogP contribution in [0.5, 0.6) is 0 Å². The Morgan fingerprint density at radius 2 is 1.62 bits per heavy atom. The van der Waals surface area contributed by atoms with Gasteiger partial charge in [-0.2, -0.15) is 0 Å². The van der Waals surface area contributed by atoms with E-state index in [1.54, 1.807) is 0 Å². The van der Waals surface area contributed by atoms with Crippen LogP contribution in [0.4, 0.5) is 0 Å². The van der Waals surface area contributed by atoms with E-state index in [9.17, 15) is 9.90 Å². The summed E-state index contributed by atoms with van der Waals surface area (Å²) in [5.41, 5.74) is 0.982. The third kappa shape index (κ3) is 3.64. The quantitative estimate of drug-likeness (QED) is 0.559. The summed E-state index contributed by atoms with van der Waals surface area (Å²) in [7, 11) is 0. The number of rotatable bonds is 5. The van der Waals surface area contributed by atoms with Gasteiger partial charge in [-0.3, -0.25) is 4.79 Å². The van der Waals surface area contributed by atoms with Crippen LogP contribution in [0, 0.1) is 52.3 Å². The summed E-state index contributed by atoms with van der Waals surface area (Å²) >= 11 is 0. The second-order valence-corrected chi connectivity index (χ2v) is 12.5. The highest BCUT2D eigenvalue weighted by molar-refractivity contribution is 5.80. The van der Waals surface area contributed by atoms with Gasteiger partial charge < -0.3 is 5.11 Å². The Labute approximate surface area is 179 Å². The number of aliphatic hydroxyl groups excluding tert-OH is 1. The lowest BCUT2D eigenvalue weighted by Gasteiger charge is -2.61. The van der Waals surface area contributed by atoms with Gasteiger partial charge in [-0.05, 0) is 111 Å². The van der Waals surface area contributed by atoms with Gasteiger partial charge in [0.1, 0.15) is 5.78 Å². The third-order valence-electron chi connectivity index (χ3n) is 10.9. The standard InChI is InChI=1S/C27H46O2/c1-17(2)25(29)11-6-18(3)22-9-10-23-21-8-7-19-16-20(28)12-14-26(19,4)24(21)13-15-27(22,23)5/h17-24,28H,6-16H2,1-5H3/t18?,19-,20-,21-,22+,23-,24-,26-,27+/m0/s1. The van der Waals surface area contributed by atoms with E-state index in [-0.39, 0.29) is 12.0 Å². The van der Waals surface area contributed by atoms with E-state index in [4.69, 9.17) is 0 Å². The highest BCUT2D eigenvalue weighted by Crippen LogP contribution is 2.68. The van der Waals surface area contributed by atoms with Gasteiger partial charge in [-0.25, -0.2) is 0 Å². The topological polar surface area (TPSA) is 37.3 Å². The molecule has 1 unspecified atom stereocenters. The van der Waals surface area contributed by atoms with E-state index < -0.39 is 0 Å². The summed E-state index contributed by atoms with van der Waals surface area (Å²) in [6, 6.07) is 0. The molecule has 9 atom stereocenters. The molecular weight excluding hydrogens is 356 g/mol. The Balaban J connectivity index is 1.46. The molecule has 4 aliphatic rings. The largest absolute Gasteiger partial charge is 0.393 e. The normalized spacial score (nSPS) is 48.0. The molecule has 2 nitrogen and oxygen atoms in total. The van der Waals surface area contributed by atoms with Crippen molar-refractivity contribution in [3.8, 4) is 0 Å². The van der Waals surface area contributed by atoms with Crippen molar-refractivity contribution in [2.75, 3.05) is 0 Å². The van der Waals surface area contributed by atoms with E-state index in [2.05, 4.69) is 20.8 Å². The number of carbonyl (C=O) groups excluding carboxylic acids is 1. The highest BCUT2D eigenvalue weighted by Gasteiger charge is 2.60. The smallest absolute Gasteiger partial charge is 0.135 e. The van der Waals surface area contributed by atoms with Crippen LogP contribution in [0.2, 0.25) is 0 Å². The van der Waals surface area contributed by atoms with Crippen LogP contribution in [-0.2, 0) is 4.79 Å². The maximum atomic E-state index is 12.2. The molecule has 166 valence electrons. The van der Waals surface area contributed by atoms with Gasteiger partial charge in [0.05, 0.1) is 6.10 Å². The zero-order valence-corrected chi connectivity index (χ0v) is 19.8. The molecule has 4 fully saturated rings. The second-order valence-electron chi connectivity index (χ2n) is 12.5. The number of ketones is 1. The molecule has 0 aromatic rings. The van der Waals surface area contributed by atoms with Gasteiger partial charge in [-0.15, -0.1) is 0 Å². The van der Waals surface area contributed by atoms with Gasteiger partial charge in [0, 0.05) is 12.3 Å². The van der Waals surface area contributed by atoms with E-state index in [1.807, 2.05) is 13.8 Å². The summed E-state index contributed by atoms with van der Waals surface area (Å²) in [4.78, 5) is 12.2. The Kier molecular flexibility index (Phi) is 5.99. The van der Waals surface area contributed by atoms with Crippen LogP contribution in [0.1, 0.15) is 105 Å². The monoisotopic (exact) mass is 402 g/mol. The van der Waals surface area contributed by atoms with E-state index in [0.29, 0.717) is 22.5 Å². The summed E-state index contributed by atoms with van der Waals surface area (Å²) in [6.45, 7) is 11.8. The molecule has 0 radical (unpaired) electrons. The number of fused-ring (bicyclic) bond motifs is 5. The lowest BCUT2D eigenvalue weighted by Crippen LogP contribution is -2.54. The average molecular weight is 403 g/mol. The van der Waals surface area contributed by atoms with Gasteiger partial charge in [0.25, 0.3) is 0 Å². The Morgan fingerprint density at radius 1 is 0.931 bits per heavy atom. The summed E-state index contributed by atoms with van der Waals surface area (Å²) in [6.07, 6.45) is 13.6. The van der Waals surface area contributed by atoms with Gasteiger partial charge in [-0.1, -0.05) is 34.6 Å². The summed E-state index contributed by atoms with van der Waals surface area (Å²) in [5.74, 6) is 5.60. The van der Waals surface area contributed by atoms with Crippen molar-refractivity contribution in [1.82, 2.24) is 0 Å². The van der Waals surface area contributed by atoms with E-state index in [0.717, 1.165) is 55.3 Å². The minimum Gasteiger partial charge on any atom is -0.393 e. The molecule has 0 aliphatic heterocycles. The third-order valence-corrected chi connectivity index (χ3v) is 10.9. The summed E-state index contributed by atoms with van der Waals surface area (Å²) in [5, 5.41) is 10.2. The first-order valence-corrected chi connectivity index (χ1v) is 12.9. The van der Waals surface area contributed by atoms with Crippen molar-refractivity contribution < 1.29 is 9.90 Å². The van der Waals surface area contributed by atoms with Gasteiger partial charge in [0.2, 0.25) is 0 Å². The molecule has 0 spiro atoms. The molecule has 1 N–H and O–H groups in total. The average Bonchev–Trinajstić information content (AvgIpc) is 3.03. The fourth-order valence-electron chi connectivity index (χ4n) is 9.07. The molecule has 0 saturated heterocycles. The van der Waals surface area contributed by atoms with E-state index >= 15 is 0 Å².